The SMILES string of the molecule is Cc1cccc(-n2c(O)c(C=NCCC3=CCCCC3)c(=O)[nH]c2=O)c1. The Kier molecular flexibility index (Phi) is 5.51. The zero-order chi connectivity index (χ0) is 18.5. The fraction of sp³-hybridized carbons (Fsp3) is 0.350. The van der Waals surface area contributed by atoms with Gasteiger partial charge in [-0.15, -0.1) is 0 Å². The number of aromatic nitrogens is 2. The van der Waals surface area contributed by atoms with Gasteiger partial charge in [0.05, 0.1) is 5.69 Å². The number of rotatable bonds is 5. The van der Waals surface area contributed by atoms with Crippen molar-refractivity contribution in [2.75, 3.05) is 6.54 Å². The number of H-pyrrole nitrogens is 1. The molecule has 0 fully saturated rings. The highest BCUT2D eigenvalue weighted by atomic mass is 16.3. The van der Waals surface area contributed by atoms with Crippen LogP contribution in [-0.2, 0) is 0 Å². The maximum absolute atomic E-state index is 12.2. The van der Waals surface area contributed by atoms with Crippen molar-refractivity contribution in [1.82, 2.24) is 9.55 Å². The molecule has 0 unspecified atom stereocenters. The molecule has 6 nitrogen and oxygen atoms in total. The van der Waals surface area contributed by atoms with Crippen molar-refractivity contribution in [3.8, 4) is 11.6 Å². The van der Waals surface area contributed by atoms with E-state index < -0.39 is 17.1 Å². The summed E-state index contributed by atoms with van der Waals surface area (Å²) in [6.45, 7) is 2.44. The molecule has 1 aromatic carbocycles. The minimum Gasteiger partial charge on any atom is -0.493 e. The van der Waals surface area contributed by atoms with Crippen LogP contribution in [0.2, 0.25) is 0 Å². The Balaban J connectivity index is 1.86. The van der Waals surface area contributed by atoms with Crippen LogP contribution >= 0.6 is 0 Å². The van der Waals surface area contributed by atoms with Crippen molar-refractivity contribution in [2.45, 2.75) is 39.0 Å². The van der Waals surface area contributed by atoms with E-state index >= 15 is 0 Å². The van der Waals surface area contributed by atoms with E-state index in [-0.39, 0.29) is 5.56 Å². The lowest BCUT2D eigenvalue weighted by Crippen LogP contribution is -2.31. The van der Waals surface area contributed by atoms with Gasteiger partial charge in [-0.3, -0.25) is 14.8 Å². The first-order valence-corrected chi connectivity index (χ1v) is 8.89. The lowest BCUT2D eigenvalue weighted by molar-refractivity contribution is 0.430. The van der Waals surface area contributed by atoms with Crippen LogP contribution in [0.5, 0.6) is 5.88 Å². The van der Waals surface area contributed by atoms with Crippen LogP contribution in [0.4, 0.5) is 0 Å². The predicted octanol–water partition coefficient (Wildman–Crippen LogP) is 2.85. The average Bonchev–Trinajstić information content (AvgIpc) is 2.61. The largest absolute Gasteiger partial charge is 0.493 e. The lowest BCUT2D eigenvalue weighted by atomic mass is 9.97. The summed E-state index contributed by atoms with van der Waals surface area (Å²) in [7, 11) is 0. The quantitative estimate of drug-likeness (QED) is 0.640. The standard InChI is InChI=1S/C20H23N3O3/c1-14-6-5-9-16(12-14)23-19(25)17(18(24)22-20(23)26)13-21-11-10-15-7-3-2-4-8-15/h5-7,9,12-13,25H,2-4,8,10-11H2,1H3,(H,22,24,26). The zero-order valence-corrected chi connectivity index (χ0v) is 14.9. The second-order valence-electron chi connectivity index (χ2n) is 6.56. The fourth-order valence-corrected chi connectivity index (χ4v) is 3.16. The number of aromatic amines is 1. The Morgan fingerprint density at radius 1 is 1.31 bits per heavy atom. The van der Waals surface area contributed by atoms with Crippen molar-refractivity contribution >= 4 is 6.21 Å². The Hall–Kier alpha value is -2.89. The van der Waals surface area contributed by atoms with Gasteiger partial charge in [-0.05, 0) is 56.7 Å². The second-order valence-corrected chi connectivity index (χ2v) is 6.56. The van der Waals surface area contributed by atoms with Gasteiger partial charge < -0.3 is 5.11 Å². The Morgan fingerprint density at radius 2 is 2.15 bits per heavy atom. The van der Waals surface area contributed by atoms with Crippen molar-refractivity contribution in [3.63, 3.8) is 0 Å². The van der Waals surface area contributed by atoms with Gasteiger partial charge in [-0.25, -0.2) is 9.36 Å². The summed E-state index contributed by atoms with van der Waals surface area (Å²) in [4.78, 5) is 30.8. The van der Waals surface area contributed by atoms with Crippen molar-refractivity contribution in [1.29, 1.82) is 0 Å². The second kappa shape index (κ2) is 7.99. The number of aromatic hydroxyl groups is 1. The van der Waals surface area contributed by atoms with Crippen molar-refractivity contribution in [3.05, 3.63) is 67.9 Å². The smallest absolute Gasteiger partial charge is 0.335 e. The van der Waals surface area contributed by atoms with E-state index in [9.17, 15) is 14.7 Å². The number of benzene rings is 1. The maximum atomic E-state index is 12.2. The van der Waals surface area contributed by atoms with Crippen LogP contribution in [0.1, 0.15) is 43.2 Å². The minimum absolute atomic E-state index is 0.0104. The molecule has 1 heterocycles. The summed E-state index contributed by atoms with van der Waals surface area (Å²) >= 11 is 0. The molecular weight excluding hydrogens is 330 g/mol. The highest BCUT2D eigenvalue weighted by Crippen LogP contribution is 2.20. The molecule has 2 aromatic rings. The third-order valence-corrected chi connectivity index (χ3v) is 4.55. The normalized spacial score (nSPS) is 14.6. The van der Waals surface area contributed by atoms with Crippen LogP contribution in [0, 0.1) is 6.92 Å². The molecule has 0 radical (unpaired) electrons. The van der Waals surface area contributed by atoms with Gasteiger partial charge in [-0.2, -0.15) is 0 Å². The lowest BCUT2D eigenvalue weighted by Gasteiger charge is -2.11. The van der Waals surface area contributed by atoms with Gasteiger partial charge in [0.25, 0.3) is 5.56 Å². The Labute approximate surface area is 151 Å². The molecule has 136 valence electrons. The Morgan fingerprint density at radius 3 is 2.88 bits per heavy atom. The van der Waals surface area contributed by atoms with Gasteiger partial charge in [0.2, 0.25) is 5.88 Å². The molecule has 1 aliphatic rings. The number of nitrogens with zero attached hydrogens (tertiary/aromatic N) is 2. The first-order chi connectivity index (χ1) is 12.6. The van der Waals surface area contributed by atoms with Gasteiger partial charge in [0, 0.05) is 12.8 Å². The predicted molar refractivity (Wildman–Crippen MR) is 103 cm³/mol. The molecule has 2 N–H and O–H groups in total. The molecule has 26 heavy (non-hydrogen) atoms. The molecule has 0 spiro atoms. The molecule has 1 aliphatic carbocycles. The van der Waals surface area contributed by atoms with E-state index in [0.29, 0.717) is 12.2 Å². The average molecular weight is 353 g/mol. The highest BCUT2D eigenvalue weighted by molar-refractivity contribution is 5.82. The van der Waals surface area contributed by atoms with E-state index in [1.165, 1.54) is 24.6 Å². The van der Waals surface area contributed by atoms with Gasteiger partial charge in [0.1, 0.15) is 5.56 Å². The summed E-state index contributed by atoms with van der Waals surface area (Å²) in [6.07, 6.45) is 9.17. The molecule has 0 bridgehead atoms. The van der Waals surface area contributed by atoms with E-state index in [4.69, 9.17) is 0 Å². The number of hydrogen-bond acceptors (Lipinski definition) is 4. The van der Waals surface area contributed by atoms with E-state index in [1.807, 2.05) is 13.0 Å². The minimum atomic E-state index is -0.678. The molecule has 0 aliphatic heterocycles. The molecule has 1 aromatic heterocycles. The molecule has 0 saturated carbocycles. The van der Waals surface area contributed by atoms with Crippen molar-refractivity contribution < 1.29 is 5.11 Å². The summed E-state index contributed by atoms with van der Waals surface area (Å²) in [6, 6.07) is 7.13. The topological polar surface area (TPSA) is 87.4 Å². The fourth-order valence-electron chi connectivity index (χ4n) is 3.16. The third-order valence-electron chi connectivity index (χ3n) is 4.55. The molecule has 6 heteroatoms. The summed E-state index contributed by atoms with van der Waals surface area (Å²) in [5, 5.41) is 10.5. The first-order valence-electron chi connectivity index (χ1n) is 8.89. The zero-order valence-electron chi connectivity index (χ0n) is 14.9. The summed E-state index contributed by atoms with van der Waals surface area (Å²) < 4.78 is 1.08. The van der Waals surface area contributed by atoms with E-state index in [1.54, 1.807) is 18.2 Å². The van der Waals surface area contributed by atoms with Gasteiger partial charge >= 0.3 is 5.69 Å². The summed E-state index contributed by atoms with van der Waals surface area (Å²) in [5.74, 6) is -0.398. The van der Waals surface area contributed by atoms with E-state index in [2.05, 4.69) is 16.1 Å². The van der Waals surface area contributed by atoms with Crippen LogP contribution in [0.15, 0.2) is 50.5 Å². The number of nitrogens with one attached hydrogen (secondary N) is 1. The van der Waals surface area contributed by atoms with Crippen molar-refractivity contribution in [2.24, 2.45) is 4.99 Å². The number of aryl methyl sites for hydroxylation is 1. The van der Waals surface area contributed by atoms with Crippen LogP contribution in [-0.4, -0.2) is 27.4 Å². The number of hydrogen-bond donors (Lipinski definition) is 2. The Bertz CT molecular complexity index is 967. The highest BCUT2D eigenvalue weighted by Gasteiger charge is 2.14. The van der Waals surface area contributed by atoms with Crippen LogP contribution in [0.25, 0.3) is 5.69 Å². The summed E-state index contributed by atoms with van der Waals surface area (Å²) in [5.41, 5.74) is 1.50. The number of allylic oxidation sites excluding steroid dienone is 1. The third kappa shape index (κ3) is 4.02. The molecular formula is C20H23N3O3. The molecule has 0 amide bonds. The van der Waals surface area contributed by atoms with E-state index in [0.717, 1.165) is 29.4 Å². The number of aliphatic imine (C=N–C) groups is 1. The van der Waals surface area contributed by atoms with Gasteiger partial charge in [0.15, 0.2) is 0 Å². The van der Waals surface area contributed by atoms with Crippen LogP contribution in [0.3, 0.4) is 0 Å². The van der Waals surface area contributed by atoms with Gasteiger partial charge in [-0.1, -0.05) is 23.8 Å². The first kappa shape index (κ1) is 17.9. The maximum Gasteiger partial charge on any atom is 0.335 e. The van der Waals surface area contributed by atoms with Crippen LogP contribution < -0.4 is 11.2 Å². The molecule has 0 atom stereocenters. The molecule has 0 saturated heterocycles. The molecule has 3 rings (SSSR count). The monoisotopic (exact) mass is 353 g/mol.